The Balaban J connectivity index is 2.22. The summed E-state index contributed by atoms with van der Waals surface area (Å²) in [4.78, 5) is 11.3. The number of aliphatic hydroxyl groups is 1. The van der Waals surface area contributed by atoms with Gasteiger partial charge in [0.1, 0.15) is 0 Å². The summed E-state index contributed by atoms with van der Waals surface area (Å²) in [6.07, 6.45) is 2.17. The quantitative estimate of drug-likeness (QED) is 0.628. The van der Waals surface area contributed by atoms with Gasteiger partial charge in [0.25, 0.3) is 0 Å². The van der Waals surface area contributed by atoms with Crippen LogP contribution in [0, 0.1) is 0 Å². The zero-order chi connectivity index (χ0) is 9.71. The van der Waals surface area contributed by atoms with Crippen molar-refractivity contribution in [3.63, 3.8) is 0 Å². The molecule has 0 aromatic heterocycles. The molecule has 1 aliphatic heterocycles. The second-order valence-corrected chi connectivity index (χ2v) is 3.82. The topological polar surface area (TPSA) is 46.5 Å². The SMILES string of the molecule is O=C1OC(O)c2cc3c(cc21)CCC3. The molecule has 0 amide bonds. The molecule has 2 aliphatic rings. The molecule has 1 aromatic carbocycles. The summed E-state index contributed by atoms with van der Waals surface area (Å²) in [5, 5.41) is 9.44. The lowest BCUT2D eigenvalue weighted by Gasteiger charge is -2.03. The maximum absolute atomic E-state index is 11.3. The zero-order valence-electron chi connectivity index (χ0n) is 7.62. The molecule has 72 valence electrons. The maximum Gasteiger partial charge on any atom is 0.341 e. The molecule has 3 nitrogen and oxygen atoms in total. The number of hydrogen-bond donors (Lipinski definition) is 1. The van der Waals surface area contributed by atoms with Crippen molar-refractivity contribution in [1.82, 2.24) is 0 Å². The smallest absolute Gasteiger partial charge is 0.341 e. The number of hydrogen-bond acceptors (Lipinski definition) is 3. The van der Waals surface area contributed by atoms with Crippen molar-refractivity contribution in [2.45, 2.75) is 25.6 Å². The predicted molar refractivity (Wildman–Crippen MR) is 48.8 cm³/mol. The third-order valence-corrected chi connectivity index (χ3v) is 2.97. The Kier molecular flexibility index (Phi) is 1.47. The largest absolute Gasteiger partial charge is 0.428 e. The molecule has 1 N–H and O–H groups in total. The van der Waals surface area contributed by atoms with Crippen molar-refractivity contribution >= 4 is 5.97 Å². The van der Waals surface area contributed by atoms with Crippen LogP contribution in [0.4, 0.5) is 0 Å². The lowest BCUT2D eigenvalue weighted by molar-refractivity contribution is -0.0548. The average Bonchev–Trinajstić information content (AvgIpc) is 2.70. The van der Waals surface area contributed by atoms with E-state index < -0.39 is 12.3 Å². The molecule has 1 aromatic rings. The number of aliphatic hydroxyl groups excluding tert-OH is 1. The summed E-state index contributed by atoms with van der Waals surface area (Å²) in [6.45, 7) is 0. The third-order valence-electron chi connectivity index (χ3n) is 2.97. The van der Waals surface area contributed by atoms with E-state index in [0.29, 0.717) is 11.1 Å². The van der Waals surface area contributed by atoms with E-state index in [1.54, 1.807) is 0 Å². The molecular formula is C11H10O3. The van der Waals surface area contributed by atoms with Crippen LogP contribution in [0.25, 0.3) is 0 Å². The number of rotatable bonds is 0. The second-order valence-electron chi connectivity index (χ2n) is 3.82. The van der Waals surface area contributed by atoms with E-state index in [1.165, 1.54) is 11.1 Å². The van der Waals surface area contributed by atoms with Gasteiger partial charge in [0.15, 0.2) is 0 Å². The Bertz CT molecular complexity index is 423. The number of carbonyl (C=O) groups is 1. The van der Waals surface area contributed by atoms with Crippen molar-refractivity contribution in [2.75, 3.05) is 0 Å². The van der Waals surface area contributed by atoms with Gasteiger partial charge in [-0.3, -0.25) is 0 Å². The fourth-order valence-electron chi connectivity index (χ4n) is 2.25. The Morgan fingerprint density at radius 2 is 2.00 bits per heavy atom. The minimum atomic E-state index is -1.05. The van der Waals surface area contributed by atoms with Crippen LogP contribution in [0.3, 0.4) is 0 Å². The van der Waals surface area contributed by atoms with E-state index in [-0.39, 0.29) is 0 Å². The number of aryl methyl sites for hydroxylation is 2. The van der Waals surface area contributed by atoms with E-state index in [0.717, 1.165) is 19.3 Å². The molecule has 0 radical (unpaired) electrons. The maximum atomic E-state index is 11.3. The summed E-state index contributed by atoms with van der Waals surface area (Å²) in [5.41, 5.74) is 3.66. The highest BCUT2D eigenvalue weighted by Gasteiger charge is 2.31. The Hall–Kier alpha value is -1.35. The van der Waals surface area contributed by atoms with Gasteiger partial charge < -0.3 is 9.84 Å². The molecule has 3 rings (SSSR count). The number of fused-ring (bicyclic) bond motifs is 2. The molecule has 14 heavy (non-hydrogen) atoms. The van der Waals surface area contributed by atoms with Gasteiger partial charge >= 0.3 is 5.97 Å². The van der Waals surface area contributed by atoms with Crippen molar-refractivity contribution in [3.8, 4) is 0 Å². The second kappa shape index (κ2) is 2.58. The Morgan fingerprint density at radius 1 is 1.29 bits per heavy atom. The number of esters is 1. The first-order valence-electron chi connectivity index (χ1n) is 4.80. The van der Waals surface area contributed by atoms with Gasteiger partial charge in [0.2, 0.25) is 6.29 Å². The highest BCUT2D eigenvalue weighted by molar-refractivity contribution is 5.94. The molecule has 0 fully saturated rings. The molecule has 0 spiro atoms. The van der Waals surface area contributed by atoms with Crippen LogP contribution >= 0.6 is 0 Å². The van der Waals surface area contributed by atoms with Crippen molar-refractivity contribution in [1.29, 1.82) is 0 Å². The van der Waals surface area contributed by atoms with Gasteiger partial charge in [-0.25, -0.2) is 4.79 Å². The van der Waals surface area contributed by atoms with E-state index in [2.05, 4.69) is 0 Å². The van der Waals surface area contributed by atoms with Gasteiger partial charge in [0, 0.05) is 5.56 Å². The summed E-state index contributed by atoms with van der Waals surface area (Å²) in [7, 11) is 0. The van der Waals surface area contributed by atoms with Gasteiger partial charge in [-0.05, 0) is 42.5 Å². The van der Waals surface area contributed by atoms with Crippen LogP contribution in [0.5, 0.6) is 0 Å². The van der Waals surface area contributed by atoms with Crippen LogP contribution < -0.4 is 0 Å². The standard InChI is InChI=1S/C11H10O3/c12-10-8-4-6-2-1-3-7(6)5-9(8)11(13)14-10/h4-5,10,12H,1-3H2. The molecule has 1 unspecified atom stereocenters. The molecule has 0 saturated carbocycles. The molecule has 1 atom stereocenters. The van der Waals surface area contributed by atoms with Crippen LogP contribution in [0.1, 0.15) is 39.8 Å². The van der Waals surface area contributed by atoms with Crippen LogP contribution in [-0.4, -0.2) is 11.1 Å². The first kappa shape index (κ1) is 8.00. The monoisotopic (exact) mass is 190 g/mol. The molecule has 0 bridgehead atoms. The predicted octanol–water partition coefficient (Wildman–Crippen LogP) is 1.34. The number of carbonyl (C=O) groups excluding carboxylic acids is 1. The molecular weight excluding hydrogens is 180 g/mol. The number of benzene rings is 1. The van der Waals surface area contributed by atoms with E-state index in [9.17, 15) is 9.90 Å². The zero-order valence-corrected chi connectivity index (χ0v) is 7.62. The highest BCUT2D eigenvalue weighted by Crippen LogP contribution is 2.34. The van der Waals surface area contributed by atoms with Crippen LogP contribution in [0.2, 0.25) is 0 Å². The lowest BCUT2D eigenvalue weighted by atomic mass is 10.0. The number of ether oxygens (including phenoxy) is 1. The fourth-order valence-corrected chi connectivity index (χ4v) is 2.25. The molecule has 1 aliphatic carbocycles. The highest BCUT2D eigenvalue weighted by atomic mass is 16.6. The van der Waals surface area contributed by atoms with Gasteiger partial charge in [-0.2, -0.15) is 0 Å². The summed E-state index contributed by atoms with van der Waals surface area (Å²) >= 11 is 0. The third kappa shape index (κ3) is 0.930. The molecule has 0 saturated heterocycles. The summed E-state index contributed by atoms with van der Waals surface area (Å²) < 4.78 is 4.73. The van der Waals surface area contributed by atoms with Gasteiger partial charge in [0.05, 0.1) is 5.56 Å². The molecule has 3 heteroatoms. The average molecular weight is 190 g/mol. The van der Waals surface area contributed by atoms with Crippen LogP contribution in [-0.2, 0) is 17.6 Å². The molecule has 1 heterocycles. The summed E-state index contributed by atoms with van der Waals surface area (Å²) in [5.74, 6) is -0.401. The Morgan fingerprint density at radius 3 is 2.79 bits per heavy atom. The van der Waals surface area contributed by atoms with Gasteiger partial charge in [-0.1, -0.05) is 0 Å². The van der Waals surface area contributed by atoms with E-state index in [4.69, 9.17) is 4.74 Å². The Labute approximate surface area is 81.3 Å². The number of cyclic esters (lactones) is 1. The summed E-state index contributed by atoms with van der Waals surface area (Å²) in [6, 6.07) is 3.78. The normalized spacial score (nSPS) is 23.2. The lowest BCUT2D eigenvalue weighted by Crippen LogP contribution is -1.96. The first-order valence-corrected chi connectivity index (χ1v) is 4.80. The fraction of sp³-hybridized carbons (Fsp3) is 0.364. The van der Waals surface area contributed by atoms with Crippen molar-refractivity contribution in [2.24, 2.45) is 0 Å². The van der Waals surface area contributed by atoms with Crippen molar-refractivity contribution < 1.29 is 14.6 Å². The minimum absolute atomic E-state index is 0.401. The van der Waals surface area contributed by atoms with E-state index in [1.807, 2.05) is 12.1 Å². The minimum Gasteiger partial charge on any atom is -0.428 e. The van der Waals surface area contributed by atoms with E-state index >= 15 is 0 Å². The first-order chi connectivity index (χ1) is 6.75. The van der Waals surface area contributed by atoms with Gasteiger partial charge in [-0.15, -0.1) is 0 Å². The van der Waals surface area contributed by atoms with Crippen molar-refractivity contribution in [3.05, 3.63) is 34.4 Å². The van der Waals surface area contributed by atoms with Crippen LogP contribution in [0.15, 0.2) is 12.1 Å².